The van der Waals surface area contributed by atoms with Crippen LogP contribution in [-0.2, 0) is 9.59 Å². The van der Waals surface area contributed by atoms with Crippen molar-refractivity contribution in [3.05, 3.63) is 0 Å². The van der Waals surface area contributed by atoms with Gasteiger partial charge in [-0.25, -0.2) is 4.79 Å². The normalized spacial score (nSPS) is 13.7. The van der Waals surface area contributed by atoms with Crippen LogP contribution >= 0.6 is 0 Å². The third kappa shape index (κ3) is 5.07. The van der Waals surface area contributed by atoms with Gasteiger partial charge in [0.15, 0.2) is 0 Å². The molecule has 0 aliphatic heterocycles. The summed E-state index contributed by atoms with van der Waals surface area (Å²) in [5, 5.41) is 11.3. The lowest BCUT2D eigenvalue weighted by atomic mass is 10.4. The molecule has 1 aliphatic rings. The monoisotopic (exact) mass is 285 g/mol. The predicted octanol–water partition coefficient (Wildman–Crippen LogP) is 0.504. The quantitative estimate of drug-likeness (QED) is 0.679. The van der Waals surface area contributed by atoms with E-state index in [1.54, 1.807) is 4.90 Å². The Balaban J connectivity index is 2.42. The van der Waals surface area contributed by atoms with E-state index in [2.05, 4.69) is 5.32 Å². The molecular weight excluding hydrogens is 262 g/mol. The van der Waals surface area contributed by atoms with Crippen LogP contribution < -0.4 is 5.32 Å². The largest absolute Gasteiger partial charge is 0.481 e. The summed E-state index contributed by atoms with van der Waals surface area (Å²) < 4.78 is 0. The molecule has 1 fully saturated rings. The summed E-state index contributed by atoms with van der Waals surface area (Å²) in [4.78, 5) is 37.5. The van der Waals surface area contributed by atoms with Gasteiger partial charge in [0, 0.05) is 25.7 Å². The second-order valence-electron chi connectivity index (χ2n) is 4.79. The van der Waals surface area contributed by atoms with Crippen molar-refractivity contribution in [2.75, 3.05) is 26.2 Å². The molecule has 2 N–H and O–H groups in total. The van der Waals surface area contributed by atoms with E-state index in [4.69, 9.17) is 5.11 Å². The van der Waals surface area contributed by atoms with Crippen LogP contribution in [0.5, 0.6) is 0 Å². The van der Waals surface area contributed by atoms with E-state index in [0.29, 0.717) is 13.1 Å². The van der Waals surface area contributed by atoms with Gasteiger partial charge >= 0.3 is 12.0 Å². The molecule has 0 heterocycles. The fourth-order valence-corrected chi connectivity index (χ4v) is 1.99. The fourth-order valence-electron chi connectivity index (χ4n) is 1.99. The Hall–Kier alpha value is -1.79. The van der Waals surface area contributed by atoms with E-state index < -0.39 is 5.97 Å². The summed E-state index contributed by atoms with van der Waals surface area (Å²) in [6, 6.07) is -0.229. The lowest BCUT2D eigenvalue weighted by Crippen LogP contribution is -2.46. The van der Waals surface area contributed by atoms with Crippen LogP contribution in [0.25, 0.3) is 0 Å². The number of hydrogen-bond acceptors (Lipinski definition) is 3. The van der Waals surface area contributed by atoms with Crippen molar-refractivity contribution in [2.24, 2.45) is 0 Å². The van der Waals surface area contributed by atoms with Gasteiger partial charge in [0.1, 0.15) is 0 Å². The Morgan fingerprint density at radius 3 is 2.25 bits per heavy atom. The number of carbonyl (C=O) groups is 3. The van der Waals surface area contributed by atoms with Gasteiger partial charge in [0.25, 0.3) is 0 Å². The minimum Gasteiger partial charge on any atom is -0.481 e. The first-order valence-electron chi connectivity index (χ1n) is 7.03. The first kappa shape index (κ1) is 16.3. The summed E-state index contributed by atoms with van der Waals surface area (Å²) >= 11 is 0. The third-order valence-electron chi connectivity index (χ3n) is 3.32. The summed E-state index contributed by atoms with van der Waals surface area (Å²) in [6.07, 6.45) is 1.72. The summed E-state index contributed by atoms with van der Waals surface area (Å²) in [5.41, 5.74) is 0. The highest BCUT2D eigenvalue weighted by Gasteiger charge is 2.32. The van der Waals surface area contributed by atoms with Gasteiger partial charge in [-0.05, 0) is 26.7 Å². The van der Waals surface area contributed by atoms with Crippen LogP contribution in [0, 0.1) is 0 Å². The Morgan fingerprint density at radius 2 is 1.80 bits per heavy atom. The standard InChI is InChI=1S/C13H23N3O4/c1-3-15(4-2)11(17)9-14-13(20)16(10-5-6-10)8-7-12(18)19/h10H,3-9H2,1-2H3,(H,14,20)(H,18,19). The highest BCUT2D eigenvalue weighted by Crippen LogP contribution is 2.26. The zero-order chi connectivity index (χ0) is 15.1. The molecule has 0 saturated heterocycles. The molecule has 20 heavy (non-hydrogen) atoms. The van der Waals surface area contributed by atoms with Gasteiger partial charge in [0.2, 0.25) is 5.91 Å². The number of carboxylic acids is 1. The van der Waals surface area contributed by atoms with Gasteiger partial charge in [-0.3, -0.25) is 9.59 Å². The van der Waals surface area contributed by atoms with Crippen molar-refractivity contribution < 1.29 is 19.5 Å². The molecule has 0 spiro atoms. The van der Waals surface area contributed by atoms with Crippen molar-refractivity contribution in [1.29, 1.82) is 0 Å². The Labute approximate surface area is 118 Å². The van der Waals surface area contributed by atoms with Crippen molar-refractivity contribution in [2.45, 2.75) is 39.2 Å². The van der Waals surface area contributed by atoms with E-state index in [1.165, 1.54) is 4.90 Å². The maximum Gasteiger partial charge on any atom is 0.318 e. The molecule has 3 amide bonds. The summed E-state index contributed by atoms with van der Waals surface area (Å²) in [6.45, 7) is 5.12. The van der Waals surface area contributed by atoms with E-state index in [0.717, 1.165) is 12.8 Å². The summed E-state index contributed by atoms with van der Waals surface area (Å²) in [5.74, 6) is -1.06. The lowest BCUT2D eigenvalue weighted by molar-refractivity contribution is -0.137. The van der Waals surface area contributed by atoms with Crippen LogP contribution in [0.3, 0.4) is 0 Å². The Morgan fingerprint density at radius 1 is 1.20 bits per heavy atom. The number of nitrogens with one attached hydrogen (secondary N) is 1. The van der Waals surface area contributed by atoms with E-state index in [-0.39, 0.29) is 37.5 Å². The molecule has 1 saturated carbocycles. The van der Waals surface area contributed by atoms with E-state index in [9.17, 15) is 14.4 Å². The number of rotatable bonds is 8. The number of hydrogen-bond donors (Lipinski definition) is 2. The minimum absolute atomic E-state index is 0.0448. The van der Waals surface area contributed by atoms with Crippen molar-refractivity contribution in [3.8, 4) is 0 Å². The van der Waals surface area contributed by atoms with Gasteiger partial charge in [-0.2, -0.15) is 0 Å². The van der Waals surface area contributed by atoms with Gasteiger partial charge in [0.05, 0.1) is 13.0 Å². The smallest absolute Gasteiger partial charge is 0.318 e. The Bertz CT molecular complexity index is 365. The molecule has 0 atom stereocenters. The van der Waals surface area contributed by atoms with Crippen LogP contribution in [0.1, 0.15) is 33.1 Å². The molecule has 0 aromatic rings. The third-order valence-corrected chi connectivity index (χ3v) is 3.32. The topological polar surface area (TPSA) is 90.0 Å². The number of likely N-dealkylation sites (N-methyl/N-ethyl adjacent to an activating group) is 1. The highest BCUT2D eigenvalue weighted by atomic mass is 16.4. The average molecular weight is 285 g/mol. The van der Waals surface area contributed by atoms with E-state index >= 15 is 0 Å². The number of urea groups is 1. The van der Waals surface area contributed by atoms with Crippen molar-refractivity contribution in [3.63, 3.8) is 0 Å². The molecule has 0 unspecified atom stereocenters. The van der Waals surface area contributed by atoms with Crippen LogP contribution in [0.2, 0.25) is 0 Å². The number of nitrogens with zero attached hydrogens (tertiary/aromatic N) is 2. The molecule has 7 heteroatoms. The molecule has 0 bridgehead atoms. The number of carboxylic acid groups (broad SMARTS) is 1. The van der Waals surface area contributed by atoms with Gasteiger partial charge in [-0.1, -0.05) is 0 Å². The maximum atomic E-state index is 12.0. The summed E-state index contributed by atoms with van der Waals surface area (Å²) in [7, 11) is 0. The van der Waals surface area contributed by atoms with Crippen LogP contribution in [0.15, 0.2) is 0 Å². The first-order valence-corrected chi connectivity index (χ1v) is 7.03. The fraction of sp³-hybridized carbons (Fsp3) is 0.769. The molecule has 7 nitrogen and oxygen atoms in total. The zero-order valence-corrected chi connectivity index (χ0v) is 12.1. The molecule has 1 aliphatic carbocycles. The minimum atomic E-state index is -0.928. The molecule has 0 aromatic heterocycles. The van der Waals surface area contributed by atoms with Crippen LogP contribution in [-0.4, -0.2) is 65.0 Å². The Kier molecular flexibility index (Phi) is 6.27. The highest BCUT2D eigenvalue weighted by molar-refractivity contribution is 5.84. The van der Waals surface area contributed by atoms with Crippen molar-refractivity contribution in [1.82, 2.24) is 15.1 Å². The molecule has 1 rings (SSSR count). The molecule has 114 valence electrons. The predicted molar refractivity (Wildman–Crippen MR) is 73.3 cm³/mol. The van der Waals surface area contributed by atoms with E-state index in [1.807, 2.05) is 13.8 Å². The van der Waals surface area contributed by atoms with Gasteiger partial charge < -0.3 is 20.2 Å². The molecular formula is C13H23N3O4. The average Bonchev–Trinajstić information content (AvgIpc) is 3.22. The molecule has 0 aromatic carbocycles. The van der Waals surface area contributed by atoms with Gasteiger partial charge in [-0.15, -0.1) is 0 Å². The number of aliphatic carboxylic acids is 1. The molecule has 0 radical (unpaired) electrons. The second-order valence-corrected chi connectivity index (χ2v) is 4.79. The number of carbonyl (C=O) groups excluding carboxylic acids is 2. The lowest BCUT2D eigenvalue weighted by Gasteiger charge is -2.23. The second kappa shape index (κ2) is 7.72. The zero-order valence-electron chi connectivity index (χ0n) is 12.1. The maximum absolute atomic E-state index is 12.0. The van der Waals surface area contributed by atoms with Crippen LogP contribution in [0.4, 0.5) is 4.79 Å². The first-order chi connectivity index (χ1) is 9.49. The van der Waals surface area contributed by atoms with Crippen molar-refractivity contribution >= 4 is 17.9 Å². The number of amides is 3. The SMILES string of the molecule is CCN(CC)C(=O)CNC(=O)N(CCC(=O)O)C1CC1.